The Balaban J connectivity index is 2.14. The van der Waals surface area contributed by atoms with Crippen molar-refractivity contribution in [1.82, 2.24) is 10.2 Å². The molecule has 1 unspecified atom stereocenters. The van der Waals surface area contributed by atoms with Crippen molar-refractivity contribution in [2.45, 2.75) is 19.9 Å². The molecule has 0 aromatic heterocycles. The Hall–Kier alpha value is -1.04. The molecule has 0 fully saturated rings. The molecule has 0 saturated carbocycles. The summed E-state index contributed by atoms with van der Waals surface area (Å²) in [6.07, 6.45) is 0. The zero-order valence-corrected chi connectivity index (χ0v) is 13.9. The van der Waals surface area contributed by atoms with Crippen LogP contribution >= 0.6 is 11.8 Å². The van der Waals surface area contributed by atoms with E-state index in [1.807, 2.05) is 30.3 Å². The maximum absolute atomic E-state index is 11.8. The molecular formula is C16H27N3OS. The highest BCUT2D eigenvalue weighted by molar-refractivity contribution is 7.99. The van der Waals surface area contributed by atoms with Crippen LogP contribution in [-0.4, -0.2) is 48.5 Å². The van der Waals surface area contributed by atoms with E-state index >= 15 is 0 Å². The summed E-state index contributed by atoms with van der Waals surface area (Å²) in [6, 6.07) is 9.70. The first-order valence-electron chi connectivity index (χ1n) is 7.54. The maximum atomic E-state index is 11.8. The lowest BCUT2D eigenvalue weighted by molar-refractivity contribution is -0.118. The molecular weight excluding hydrogens is 282 g/mol. The van der Waals surface area contributed by atoms with Gasteiger partial charge in [-0.1, -0.05) is 44.2 Å². The predicted octanol–water partition coefficient (Wildman–Crippen LogP) is 1.88. The van der Waals surface area contributed by atoms with Gasteiger partial charge in [-0.15, -0.1) is 0 Å². The standard InChI is InChI=1S/C16H27N3OS/c1-3-19(4-2)10-11-21-13-16(20)18-12-15(17)14-8-6-5-7-9-14/h5-9,15H,3-4,10-13,17H2,1-2H3,(H,18,20). The predicted molar refractivity (Wildman–Crippen MR) is 91.5 cm³/mol. The lowest BCUT2D eigenvalue weighted by Gasteiger charge is -2.17. The SMILES string of the molecule is CCN(CC)CCSCC(=O)NCC(N)c1ccccc1. The third-order valence-corrected chi connectivity index (χ3v) is 4.36. The molecule has 1 aromatic rings. The molecule has 4 nitrogen and oxygen atoms in total. The summed E-state index contributed by atoms with van der Waals surface area (Å²) in [5.41, 5.74) is 7.09. The van der Waals surface area contributed by atoms with E-state index in [2.05, 4.69) is 24.1 Å². The molecule has 21 heavy (non-hydrogen) atoms. The number of carbonyl (C=O) groups is 1. The molecule has 118 valence electrons. The number of hydrogen-bond acceptors (Lipinski definition) is 4. The summed E-state index contributed by atoms with van der Waals surface area (Å²) >= 11 is 1.67. The van der Waals surface area contributed by atoms with E-state index in [0.717, 1.165) is 31.0 Å². The zero-order chi connectivity index (χ0) is 15.5. The van der Waals surface area contributed by atoms with Crippen LogP contribution < -0.4 is 11.1 Å². The maximum Gasteiger partial charge on any atom is 0.230 e. The lowest BCUT2D eigenvalue weighted by Crippen LogP contribution is -2.33. The normalized spacial score (nSPS) is 12.4. The van der Waals surface area contributed by atoms with Gasteiger partial charge in [-0.3, -0.25) is 4.79 Å². The average Bonchev–Trinajstić information content (AvgIpc) is 2.53. The number of nitrogens with zero attached hydrogens (tertiary/aromatic N) is 1. The first-order valence-corrected chi connectivity index (χ1v) is 8.70. The third-order valence-electron chi connectivity index (χ3n) is 3.43. The number of thioether (sulfide) groups is 1. The van der Waals surface area contributed by atoms with Crippen molar-refractivity contribution in [2.75, 3.05) is 37.7 Å². The number of carbonyl (C=O) groups excluding carboxylic acids is 1. The van der Waals surface area contributed by atoms with Gasteiger partial charge in [-0.2, -0.15) is 11.8 Å². The first-order chi connectivity index (χ1) is 10.2. The van der Waals surface area contributed by atoms with E-state index in [0.29, 0.717) is 12.3 Å². The van der Waals surface area contributed by atoms with Gasteiger partial charge in [0.15, 0.2) is 0 Å². The van der Waals surface area contributed by atoms with Gasteiger partial charge < -0.3 is 16.0 Å². The Bertz CT molecular complexity index is 396. The highest BCUT2D eigenvalue weighted by Crippen LogP contribution is 2.08. The van der Waals surface area contributed by atoms with E-state index in [4.69, 9.17) is 5.73 Å². The minimum absolute atomic E-state index is 0.0610. The molecule has 0 radical (unpaired) electrons. The van der Waals surface area contributed by atoms with Gasteiger partial charge in [0, 0.05) is 24.9 Å². The van der Waals surface area contributed by atoms with Crippen LogP contribution in [-0.2, 0) is 4.79 Å². The van der Waals surface area contributed by atoms with Gasteiger partial charge >= 0.3 is 0 Å². The van der Waals surface area contributed by atoms with Gasteiger partial charge in [0.05, 0.1) is 5.75 Å². The average molecular weight is 309 g/mol. The van der Waals surface area contributed by atoms with Crippen LogP contribution in [0.3, 0.4) is 0 Å². The fourth-order valence-electron chi connectivity index (χ4n) is 1.99. The summed E-state index contributed by atoms with van der Waals surface area (Å²) in [5, 5.41) is 2.90. The number of rotatable bonds is 10. The summed E-state index contributed by atoms with van der Waals surface area (Å²) in [7, 11) is 0. The topological polar surface area (TPSA) is 58.4 Å². The fourth-order valence-corrected chi connectivity index (χ4v) is 2.81. The molecule has 0 aliphatic heterocycles. The summed E-state index contributed by atoms with van der Waals surface area (Å²) in [5.74, 6) is 1.55. The molecule has 1 rings (SSSR count). The summed E-state index contributed by atoms with van der Waals surface area (Å²) in [6.45, 7) is 7.97. The third kappa shape index (κ3) is 7.50. The number of nitrogens with two attached hydrogens (primary N) is 1. The fraction of sp³-hybridized carbons (Fsp3) is 0.562. The van der Waals surface area contributed by atoms with Crippen molar-refractivity contribution in [2.24, 2.45) is 5.73 Å². The molecule has 3 N–H and O–H groups in total. The van der Waals surface area contributed by atoms with E-state index in [1.54, 1.807) is 11.8 Å². The molecule has 0 saturated heterocycles. The molecule has 1 aromatic carbocycles. The number of benzene rings is 1. The van der Waals surface area contributed by atoms with Gasteiger partial charge in [0.2, 0.25) is 5.91 Å². The molecule has 0 aliphatic carbocycles. The monoisotopic (exact) mass is 309 g/mol. The molecule has 0 heterocycles. The summed E-state index contributed by atoms with van der Waals surface area (Å²) < 4.78 is 0. The number of nitrogens with one attached hydrogen (secondary N) is 1. The largest absolute Gasteiger partial charge is 0.353 e. The van der Waals surface area contributed by atoms with Gasteiger partial charge in [-0.05, 0) is 18.7 Å². The van der Waals surface area contributed by atoms with E-state index < -0.39 is 0 Å². The van der Waals surface area contributed by atoms with E-state index in [-0.39, 0.29) is 11.9 Å². The Morgan fingerprint density at radius 3 is 2.57 bits per heavy atom. The Morgan fingerprint density at radius 2 is 1.95 bits per heavy atom. The Labute approximate surface area is 132 Å². The van der Waals surface area contributed by atoms with Gasteiger partial charge in [0.25, 0.3) is 0 Å². The first kappa shape index (κ1) is 18.0. The molecule has 0 bridgehead atoms. The van der Waals surface area contributed by atoms with Crippen molar-refractivity contribution in [3.63, 3.8) is 0 Å². The summed E-state index contributed by atoms with van der Waals surface area (Å²) in [4.78, 5) is 14.1. The quantitative estimate of drug-likeness (QED) is 0.648. The van der Waals surface area contributed by atoms with Crippen LogP contribution in [0.5, 0.6) is 0 Å². The van der Waals surface area contributed by atoms with Crippen LogP contribution in [0.4, 0.5) is 0 Å². The molecule has 0 spiro atoms. The minimum atomic E-state index is -0.143. The molecule has 5 heteroatoms. The van der Waals surface area contributed by atoms with Crippen LogP contribution in [0.25, 0.3) is 0 Å². The molecule has 1 atom stereocenters. The number of hydrogen-bond donors (Lipinski definition) is 2. The van der Waals surface area contributed by atoms with E-state index in [1.165, 1.54) is 0 Å². The Morgan fingerprint density at radius 1 is 1.29 bits per heavy atom. The second-order valence-electron chi connectivity index (χ2n) is 4.90. The van der Waals surface area contributed by atoms with Crippen LogP contribution in [0.1, 0.15) is 25.5 Å². The van der Waals surface area contributed by atoms with Crippen molar-refractivity contribution in [3.8, 4) is 0 Å². The van der Waals surface area contributed by atoms with E-state index in [9.17, 15) is 4.79 Å². The van der Waals surface area contributed by atoms with Gasteiger partial charge in [0.1, 0.15) is 0 Å². The second kappa shape index (κ2) is 10.7. The smallest absolute Gasteiger partial charge is 0.230 e. The van der Waals surface area contributed by atoms with Crippen molar-refractivity contribution >= 4 is 17.7 Å². The van der Waals surface area contributed by atoms with Crippen LogP contribution in [0.15, 0.2) is 30.3 Å². The van der Waals surface area contributed by atoms with Gasteiger partial charge in [-0.25, -0.2) is 0 Å². The second-order valence-corrected chi connectivity index (χ2v) is 6.01. The van der Waals surface area contributed by atoms with Crippen molar-refractivity contribution < 1.29 is 4.79 Å². The van der Waals surface area contributed by atoms with Crippen LogP contribution in [0, 0.1) is 0 Å². The zero-order valence-electron chi connectivity index (χ0n) is 13.0. The molecule has 0 aliphatic rings. The number of amides is 1. The lowest BCUT2D eigenvalue weighted by atomic mass is 10.1. The highest BCUT2D eigenvalue weighted by Gasteiger charge is 2.08. The van der Waals surface area contributed by atoms with Crippen molar-refractivity contribution in [1.29, 1.82) is 0 Å². The highest BCUT2D eigenvalue weighted by atomic mass is 32.2. The van der Waals surface area contributed by atoms with Crippen molar-refractivity contribution in [3.05, 3.63) is 35.9 Å². The van der Waals surface area contributed by atoms with Crippen LogP contribution in [0.2, 0.25) is 0 Å². The Kier molecular flexibility index (Phi) is 9.14. The minimum Gasteiger partial charge on any atom is -0.353 e. The molecule has 1 amide bonds.